The molecule has 16 heteroatoms. The molecule has 4 unspecified atom stereocenters. The molecule has 10 N–H and O–H groups in total. The van der Waals surface area contributed by atoms with Gasteiger partial charge in [-0.1, -0.05) is 0 Å². The van der Waals surface area contributed by atoms with Crippen LogP contribution >= 0.6 is 0 Å². The summed E-state index contributed by atoms with van der Waals surface area (Å²) in [7, 11) is 0. The van der Waals surface area contributed by atoms with Crippen molar-refractivity contribution in [3.05, 3.63) is 34.5 Å². The Balaban J connectivity index is 1.59. The summed E-state index contributed by atoms with van der Waals surface area (Å²) in [6, 6.07) is 3.74. The van der Waals surface area contributed by atoms with Crippen molar-refractivity contribution in [3.63, 3.8) is 0 Å². The zero-order valence-electron chi connectivity index (χ0n) is 22.5. The molecule has 2 aliphatic heterocycles. The van der Waals surface area contributed by atoms with Crippen molar-refractivity contribution in [2.24, 2.45) is 0 Å². The summed E-state index contributed by atoms with van der Waals surface area (Å²) in [5.74, 6) is -4.60. The van der Waals surface area contributed by atoms with Crippen molar-refractivity contribution < 1.29 is 74.4 Å². The van der Waals surface area contributed by atoms with Crippen LogP contribution in [0.4, 0.5) is 0 Å². The van der Waals surface area contributed by atoms with E-state index < -0.39 is 112 Å². The molecule has 3 heterocycles. The van der Waals surface area contributed by atoms with Gasteiger partial charge in [-0.05, 0) is 26.0 Å². The van der Waals surface area contributed by atoms with Crippen molar-refractivity contribution in [1.29, 1.82) is 0 Å². The lowest BCUT2D eigenvalue weighted by atomic mass is 10.00. The first-order valence-corrected chi connectivity index (χ1v) is 13.0. The molecule has 0 amide bonds. The molecule has 2 aliphatic rings. The Morgan fingerprint density at radius 1 is 0.628 bits per heavy atom. The largest absolute Gasteiger partial charge is 0.508 e. The van der Waals surface area contributed by atoms with E-state index in [1.54, 1.807) is 0 Å². The van der Waals surface area contributed by atoms with Gasteiger partial charge in [-0.25, -0.2) is 0 Å². The van der Waals surface area contributed by atoms with Gasteiger partial charge in [0.1, 0.15) is 59.1 Å². The minimum atomic E-state index is -1.86. The van der Waals surface area contributed by atoms with E-state index in [-0.39, 0.29) is 11.1 Å². The van der Waals surface area contributed by atoms with Gasteiger partial charge < -0.3 is 74.4 Å². The molecule has 0 bridgehead atoms. The van der Waals surface area contributed by atoms with Gasteiger partial charge in [0, 0.05) is 17.7 Å². The number of aromatic hydroxyl groups is 4. The average Bonchev–Trinajstić information content (AvgIpc) is 2.94. The first kappa shape index (κ1) is 30.6. The predicted octanol–water partition coefficient (Wildman–Crippen LogP) is -1.31. The van der Waals surface area contributed by atoms with Crippen molar-refractivity contribution in [2.45, 2.75) is 75.3 Å². The molecular weight excluding hydrogens is 580 g/mol. The van der Waals surface area contributed by atoms with Crippen LogP contribution in [0.1, 0.15) is 13.8 Å². The molecule has 5 rings (SSSR count). The fourth-order valence-corrected chi connectivity index (χ4v) is 4.87. The van der Waals surface area contributed by atoms with E-state index in [0.717, 1.165) is 24.3 Å². The fourth-order valence-electron chi connectivity index (χ4n) is 4.87. The molecule has 0 spiro atoms. The first-order chi connectivity index (χ1) is 20.2. The van der Waals surface area contributed by atoms with Crippen LogP contribution in [0.25, 0.3) is 22.3 Å². The van der Waals surface area contributed by atoms with Gasteiger partial charge in [0.15, 0.2) is 17.3 Å². The summed E-state index contributed by atoms with van der Waals surface area (Å²) < 4.78 is 27.5. The number of aliphatic hydroxyl groups excluding tert-OH is 6. The maximum absolute atomic E-state index is 13.6. The molecule has 43 heavy (non-hydrogen) atoms. The van der Waals surface area contributed by atoms with Gasteiger partial charge in [0.2, 0.25) is 29.5 Å². The molecule has 0 saturated carbocycles. The van der Waals surface area contributed by atoms with Gasteiger partial charge in [-0.2, -0.15) is 0 Å². The molecular formula is C27H30O16. The van der Waals surface area contributed by atoms with Crippen LogP contribution < -0.4 is 14.9 Å². The molecule has 0 radical (unpaired) electrons. The number of aliphatic hydroxyl groups is 6. The van der Waals surface area contributed by atoms with E-state index in [0.29, 0.717) is 0 Å². The summed E-state index contributed by atoms with van der Waals surface area (Å²) in [6.45, 7) is 2.77. The number of ether oxygens (including phenoxy) is 4. The third-order valence-corrected chi connectivity index (χ3v) is 7.31. The van der Waals surface area contributed by atoms with Gasteiger partial charge in [0.05, 0.1) is 12.2 Å². The molecule has 0 aliphatic carbocycles. The molecule has 1 aromatic heterocycles. The van der Waals surface area contributed by atoms with Crippen molar-refractivity contribution >= 4 is 11.0 Å². The quantitative estimate of drug-likeness (QED) is 0.161. The summed E-state index contributed by atoms with van der Waals surface area (Å²) in [5.41, 5.74) is -1.64. The highest BCUT2D eigenvalue weighted by molar-refractivity contribution is 5.88. The van der Waals surface area contributed by atoms with Gasteiger partial charge in [-0.3, -0.25) is 4.79 Å². The maximum atomic E-state index is 13.6. The van der Waals surface area contributed by atoms with E-state index in [4.69, 9.17) is 23.4 Å². The van der Waals surface area contributed by atoms with Crippen LogP contribution in [-0.2, 0) is 9.47 Å². The minimum Gasteiger partial charge on any atom is -0.508 e. The molecule has 2 fully saturated rings. The van der Waals surface area contributed by atoms with E-state index in [1.807, 2.05) is 0 Å². The Bertz CT molecular complexity index is 1550. The first-order valence-electron chi connectivity index (χ1n) is 13.0. The smallest absolute Gasteiger partial charge is 0.239 e. The molecule has 3 aromatic rings. The van der Waals surface area contributed by atoms with Crippen molar-refractivity contribution in [3.8, 4) is 45.8 Å². The lowest BCUT2D eigenvalue weighted by molar-refractivity contribution is -0.268. The Kier molecular flexibility index (Phi) is 8.05. The van der Waals surface area contributed by atoms with Gasteiger partial charge in [-0.15, -0.1) is 0 Å². The van der Waals surface area contributed by atoms with E-state index in [1.165, 1.54) is 13.8 Å². The zero-order valence-corrected chi connectivity index (χ0v) is 22.5. The number of phenolic OH excluding ortho intramolecular Hbond substituents is 4. The summed E-state index contributed by atoms with van der Waals surface area (Å²) in [6.07, 6.45) is -15.4. The Labute approximate surface area is 241 Å². The Morgan fingerprint density at radius 2 is 1.12 bits per heavy atom. The van der Waals surface area contributed by atoms with Crippen LogP contribution in [-0.4, -0.2) is 112 Å². The van der Waals surface area contributed by atoms with Crippen molar-refractivity contribution in [2.75, 3.05) is 0 Å². The van der Waals surface area contributed by atoms with Crippen LogP contribution in [0.3, 0.4) is 0 Å². The molecule has 2 saturated heterocycles. The molecule has 16 nitrogen and oxygen atoms in total. The van der Waals surface area contributed by atoms with E-state index in [2.05, 4.69) is 0 Å². The molecule has 234 valence electrons. The second-order valence-corrected chi connectivity index (χ2v) is 10.4. The van der Waals surface area contributed by atoms with Gasteiger partial charge >= 0.3 is 0 Å². The van der Waals surface area contributed by atoms with Crippen LogP contribution in [0, 0.1) is 0 Å². The highest BCUT2D eigenvalue weighted by atomic mass is 16.7. The zero-order chi connectivity index (χ0) is 31.5. The Morgan fingerprint density at radius 3 is 1.63 bits per heavy atom. The topological polar surface area (TPSA) is 269 Å². The second kappa shape index (κ2) is 11.3. The number of phenols is 4. The van der Waals surface area contributed by atoms with Crippen LogP contribution in [0.2, 0.25) is 0 Å². The number of hydrogen-bond acceptors (Lipinski definition) is 16. The average molecular weight is 611 g/mol. The third-order valence-electron chi connectivity index (χ3n) is 7.31. The van der Waals surface area contributed by atoms with Gasteiger partial charge in [0.25, 0.3) is 0 Å². The van der Waals surface area contributed by atoms with E-state index >= 15 is 0 Å². The lowest BCUT2D eigenvalue weighted by Crippen LogP contribution is -2.58. The summed E-state index contributed by atoms with van der Waals surface area (Å²) in [4.78, 5) is 13.6. The van der Waals surface area contributed by atoms with Crippen molar-refractivity contribution in [1.82, 2.24) is 0 Å². The standard InChI is InChI=1S/C27H30O16/c1-7-16(32)19(35)21(37)26(39-7)42-24-12(30)3-9(4-13(24)31)23-25(43-27-22(38)20(36)17(33)8(2)40-27)18(34)15-11(29)5-10(28)6-14(15)41-23/h3-8,16-17,19-22,26-33,35-38H,1-2H3/t7?,8?,16-,17-,19+,20?,21?,22-,26-,27-/m0/s1. The SMILES string of the molecule is CC1O[C@@H](Oc2c(-c3cc(O)c(O[C@@H]4OC(C)[C@H](O)[C@@H](O)C4O)c(O)c3)oc3cc(O)cc(O)c3c2=O)[C@@H](O)C(O)[C@H]1O. The number of benzene rings is 2. The normalized spacial score (nSPS) is 32.9. The van der Waals surface area contributed by atoms with Crippen LogP contribution in [0.15, 0.2) is 33.5 Å². The fraction of sp³-hybridized carbons (Fsp3) is 0.444. The maximum Gasteiger partial charge on any atom is 0.239 e. The second-order valence-electron chi connectivity index (χ2n) is 10.4. The number of hydrogen-bond donors (Lipinski definition) is 10. The number of rotatable bonds is 5. The highest BCUT2D eigenvalue weighted by Crippen LogP contribution is 2.44. The number of fused-ring (bicyclic) bond motifs is 1. The molecule has 2 aromatic carbocycles. The minimum absolute atomic E-state index is 0.243. The highest BCUT2D eigenvalue weighted by Gasteiger charge is 2.45. The predicted molar refractivity (Wildman–Crippen MR) is 141 cm³/mol. The summed E-state index contributed by atoms with van der Waals surface area (Å²) in [5, 5.41) is 102. The van der Waals surface area contributed by atoms with E-state index in [9.17, 15) is 55.9 Å². The lowest BCUT2D eigenvalue weighted by Gasteiger charge is -2.39. The monoisotopic (exact) mass is 610 g/mol. The summed E-state index contributed by atoms with van der Waals surface area (Å²) >= 11 is 0. The van der Waals surface area contributed by atoms with Crippen LogP contribution in [0.5, 0.6) is 34.5 Å². The third kappa shape index (κ3) is 5.39. The molecule has 10 atom stereocenters. The Hall–Kier alpha value is -3.87.